The van der Waals surface area contributed by atoms with Crippen molar-refractivity contribution in [3.63, 3.8) is 0 Å². The molecular formula is C11H14N3NaO5S. The fourth-order valence-corrected chi connectivity index (χ4v) is 1.77. The van der Waals surface area contributed by atoms with Crippen molar-refractivity contribution in [3.8, 4) is 0 Å². The second kappa shape index (κ2) is 9.85. The summed E-state index contributed by atoms with van der Waals surface area (Å²) in [5, 5.41) is 18.5. The van der Waals surface area contributed by atoms with Crippen LogP contribution in [0.5, 0.6) is 0 Å². The van der Waals surface area contributed by atoms with E-state index in [1.807, 2.05) is 0 Å². The van der Waals surface area contributed by atoms with Crippen molar-refractivity contribution in [2.45, 2.75) is 20.0 Å². The molecule has 0 fully saturated rings. The minimum absolute atomic E-state index is 0. The Morgan fingerprint density at radius 2 is 2.24 bits per heavy atom. The Hall–Kier alpha value is -1.00. The predicted molar refractivity (Wildman–Crippen MR) is 70.4 cm³/mol. The van der Waals surface area contributed by atoms with Gasteiger partial charge in [0.05, 0.1) is 5.97 Å². The molecule has 1 aromatic rings. The van der Waals surface area contributed by atoms with Gasteiger partial charge in [0.1, 0.15) is 18.4 Å². The van der Waals surface area contributed by atoms with E-state index in [0.29, 0.717) is 0 Å². The molecule has 0 saturated heterocycles. The van der Waals surface area contributed by atoms with Crippen LogP contribution < -0.4 is 40.0 Å². The van der Waals surface area contributed by atoms with Crippen LogP contribution in [-0.4, -0.2) is 42.4 Å². The van der Waals surface area contributed by atoms with Gasteiger partial charge in [-0.15, -0.1) is 11.3 Å². The first-order valence-electron chi connectivity index (χ1n) is 5.70. The van der Waals surface area contributed by atoms with E-state index in [2.05, 4.69) is 20.3 Å². The largest absolute Gasteiger partial charge is 1.00 e. The van der Waals surface area contributed by atoms with E-state index in [-0.39, 0.29) is 52.9 Å². The van der Waals surface area contributed by atoms with Crippen LogP contribution in [0.25, 0.3) is 0 Å². The van der Waals surface area contributed by atoms with Crippen LogP contribution in [0.3, 0.4) is 0 Å². The molecule has 0 aliphatic rings. The molecule has 0 radical (unpaired) electrons. The molecule has 0 spiro atoms. The molecule has 8 nitrogen and oxygen atoms in total. The molecule has 1 aromatic heterocycles. The van der Waals surface area contributed by atoms with Gasteiger partial charge < -0.3 is 19.5 Å². The Balaban J connectivity index is 0.00000400. The summed E-state index contributed by atoms with van der Waals surface area (Å²) in [6.07, 6.45) is -0.639. The maximum absolute atomic E-state index is 11.6. The number of hydrogen-bond acceptors (Lipinski definition) is 8. The molecule has 1 unspecified atom stereocenters. The zero-order valence-corrected chi connectivity index (χ0v) is 15.0. The van der Waals surface area contributed by atoms with E-state index < -0.39 is 17.8 Å². The van der Waals surface area contributed by atoms with Gasteiger partial charge >= 0.3 is 29.6 Å². The van der Waals surface area contributed by atoms with Crippen LogP contribution in [0.15, 0.2) is 10.5 Å². The first-order valence-corrected chi connectivity index (χ1v) is 6.58. The van der Waals surface area contributed by atoms with Gasteiger partial charge in [-0.1, -0.05) is 5.16 Å². The molecule has 0 bridgehead atoms. The molecule has 0 aliphatic carbocycles. The minimum Gasteiger partial charge on any atom is -0.543 e. The first kappa shape index (κ1) is 20.0. The molecule has 110 valence electrons. The van der Waals surface area contributed by atoms with Gasteiger partial charge in [0.25, 0.3) is 5.91 Å². The number of anilines is 1. The second-order valence-electron chi connectivity index (χ2n) is 3.55. The van der Waals surface area contributed by atoms with E-state index in [0.717, 1.165) is 11.3 Å². The summed E-state index contributed by atoms with van der Waals surface area (Å²) >= 11 is 1.06. The third-order valence-electron chi connectivity index (χ3n) is 2.18. The Labute approximate surface area is 147 Å². The van der Waals surface area contributed by atoms with E-state index in [4.69, 9.17) is 4.74 Å². The van der Waals surface area contributed by atoms with Crippen molar-refractivity contribution in [1.82, 2.24) is 4.98 Å². The molecule has 21 heavy (non-hydrogen) atoms. The molecule has 10 heteroatoms. The molecule has 1 N–H and O–H groups in total. The number of methoxy groups -OCH3 is 1. The third-order valence-corrected chi connectivity index (χ3v) is 2.94. The van der Waals surface area contributed by atoms with Crippen molar-refractivity contribution in [3.05, 3.63) is 11.1 Å². The summed E-state index contributed by atoms with van der Waals surface area (Å²) in [5.41, 5.74) is -0.368. The van der Waals surface area contributed by atoms with Gasteiger partial charge in [-0.3, -0.25) is 10.1 Å². The standard InChI is InChI=1S/C11H15N3O5S.Na/c1-4-19-14-8(10(16)17)7-5-20-11(12-7)13-9(15)6(2)18-3;/h5-6H,4H2,1-3H3,(H,16,17)(H,12,13,15);/q;+1/p-1. The minimum atomic E-state index is -1.51. The summed E-state index contributed by atoms with van der Waals surface area (Å²) in [6, 6.07) is 0. The van der Waals surface area contributed by atoms with Gasteiger partial charge in [0.15, 0.2) is 10.8 Å². The van der Waals surface area contributed by atoms with E-state index >= 15 is 0 Å². The van der Waals surface area contributed by atoms with Crippen molar-refractivity contribution < 1.29 is 53.8 Å². The fraction of sp³-hybridized carbons (Fsp3) is 0.455. The van der Waals surface area contributed by atoms with Crippen LogP contribution in [-0.2, 0) is 19.2 Å². The normalized spacial score (nSPS) is 12.2. The monoisotopic (exact) mass is 323 g/mol. The fourth-order valence-electron chi connectivity index (χ4n) is 1.07. The number of aliphatic carboxylic acids is 1. The predicted octanol–water partition coefficient (Wildman–Crippen LogP) is -3.39. The molecule has 1 rings (SSSR count). The summed E-state index contributed by atoms with van der Waals surface area (Å²) in [7, 11) is 1.40. The van der Waals surface area contributed by atoms with Crippen LogP contribution in [0, 0.1) is 0 Å². The average Bonchev–Trinajstić information content (AvgIpc) is 2.86. The number of oxime groups is 1. The number of hydrogen-bond donors (Lipinski definition) is 1. The number of thiazole rings is 1. The summed E-state index contributed by atoms with van der Waals surface area (Å²) in [6.45, 7) is 3.46. The number of carboxylic acids is 1. The number of ether oxygens (including phenoxy) is 1. The zero-order chi connectivity index (χ0) is 15.1. The number of nitrogens with zero attached hydrogens (tertiary/aromatic N) is 2. The number of aromatic nitrogens is 1. The second-order valence-corrected chi connectivity index (χ2v) is 4.41. The Kier molecular flexibility index (Phi) is 9.38. The SMILES string of the molecule is CCON=C(C(=O)[O-])c1csc(NC(=O)C(C)OC)n1.[Na+]. The molecule has 0 aromatic carbocycles. The number of rotatable bonds is 7. The molecular weight excluding hydrogens is 309 g/mol. The maximum Gasteiger partial charge on any atom is 1.00 e. The van der Waals surface area contributed by atoms with Gasteiger partial charge in [-0.2, -0.15) is 0 Å². The van der Waals surface area contributed by atoms with Crippen LogP contribution in [0.4, 0.5) is 5.13 Å². The first-order chi connectivity index (χ1) is 9.49. The van der Waals surface area contributed by atoms with Crippen LogP contribution in [0.2, 0.25) is 0 Å². The number of carboxylic acid groups (broad SMARTS) is 1. The van der Waals surface area contributed by atoms with Crippen molar-refractivity contribution in [1.29, 1.82) is 0 Å². The molecule has 1 heterocycles. The third kappa shape index (κ3) is 6.10. The quantitative estimate of drug-likeness (QED) is 0.318. The van der Waals surface area contributed by atoms with Gasteiger partial charge in [-0.25, -0.2) is 4.98 Å². The smallest absolute Gasteiger partial charge is 0.543 e. The zero-order valence-electron chi connectivity index (χ0n) is 12.2. The van der Waals surface area contributed by atoms with E-state index in [1.54, 1.807) is 13.8 Å². The molecule has 0 aliphatic heterocycles. The Morgan fingerprint density at radius 1 is 1.57 bits per heavy atom. The average molecular weight is 323 g/mol. The van der Waals surface area contributed by atoms with Crippen molar-refractivity contribution in [2.24, 2.45) is 5.16 Å². The number of carbonyl (C=O) groups is 2. The number of carbonyl (C=O) groups excluding carboxylic acids is 2. The van der Waals surface area contributed by atoms with Crippen molar-refractivity contribution >= 4 is 34.1 Å². The maximum atomic E-state index is 11.6. The van der Waals surface area contributed by atoms with Crippen molar-refractivity contribution in [2.75, 3.05) is 19.0 Å². The van der Waals surface area contributed by atoms with E-state index in [9.17, 15) is 14.7 Å². The summed E-state index contributed by atoms with van der Waals surface area (Å²) in [4.78, 5) is 31.1. The number of nitrogens with one attached hydrogen (secondary N) is 1. The Morgan fingerprint density at radius 3 is 2.76 bits per heavy atom. The summed E-state index contributed by atoms with van der Waals surface area (Å²) in [5.74, 6) is -1.89. The van der Waals surface area contributed by atoms with E-state index in [1.165, 1.54) is 12.5 Å². The van der Waals surface area contributed by atoms with Gasteiger partial charge in [0.2, 0.25) is 0 Å². The molecule has 0 saturated carbocycles. The van der Waals surface area contributed by atoms with Crippen LogP contribution in [0.1, 0.15) is 19.5 Å². The molecule has 1 atom stereocenters. The number of amides is 1. The van der Waals surface area contributed by atoms with Gasteiger partial charge in [-0.05, 0) is 13.8 Å². The molecule has 1 amide bonds. The Bertz CT molecular complexity index is 520. The topological polar surface area (TPSA) is 113 Å². The summed E-state index contributed by atoms with van der Waals surface area (Å²) < 4.78 is 4.85. The van der Waals surface area contributed by atoms with Gasteiger partial charge in [0, 0.05) is 12.5 Å². The van der Waals surface area contributed by atoms with Crippen LogP contribution >= 0.6 is 11.3 Å².